The second-order valence-corrected chi connectivity index (χ2v) is 7.80. The van der Waals surface area contributed by atoms with Gasteiger partial charge in [0.05, 0.1) is 17.7 Å². The molecular weight excluding hydrogens is 268 g/mol. The highest BCUT2D eigenvalue weighted by molar-refractivity contribution is 7.89. The van der Waals surface area contributed by atoms with Crippen molar-refractivity contribution in [3.8, 4) is 6.07 Å². The summed E-state index contributed by atoms with van der Waals surface area (Å²) in [6, 6.07) is 2.04. The van der Waals surface area contributed by atoms with Crippen molar-refractivity contribution in [1.82, 2.24) is 4.31 Å². The minimum absolute atomic E-state index is 0.0212. The van der Waals surface area contributed by atoms with E-state index < -0.39 is 21.9 Å². The lowest BCUT2D eigenvalue weighted by Gasteiger charge is -2.19. The van der Waals surface area contributed by atoms with Crippen LogP contribution in [0.1, 0.15) is 26.2 Å². The van der Waals surface area contributed by atoms with Crippen molar-refractivity contribution in [3.05, 3.63) is 0 Å². The van der Waals surface area contributed by atoms with Crippen molar-refractivity contribution in [3.63, 3.8) is 0 Å². The average Bonchev–Trinajstić information content (AvgIpc) is 2.89. The summed E-state index contributed by atoms with van der Waals surface area (Å²) in [6.07, 6.45) is 1.80. The Labute approximate surface area is 113 Å². The predicted octanol–water partition coefficient (Wildman–Crippen LogP) is 0.663. The van der Waals surface area contributed by atoms with E-state index in [0.29, 0.717) is 0 Å². The molecule has 0 bridgehead atoms. The SMILES string of the molecule is C[C@@H]1CN(S(=O)(=O)CC2(CC#N)CC2)C[C@H]1C(=O)O. The van der Waals surface area contributed by atoms with Gasteiger partial charge in [0.25, 0.3) is 0 Å². The van der Waals surface area contributed by atoms with E-state index in [1.165, 1.54) is 4.31 Å². The van der Waals surface area contributed by atoms with Crippen LogP contribution in [0.5, 0.6) is 0 Å². The maximum absolute atomic E-state index is 12.3. The van der Waals surface area contributed by atoms with Crippen LogP contribution in [0.3, 0.4) is 0 Å². The summed E-state index contributed by atoms with van der Waals surface area (Å²) in [6.45, 7) is 2.08. The van der Waals surface area contributed by atoms with Crippen LogP contribution >= 0.6 is 0 Å². The fraction of sp³-hybridized carbons (Fsp3) is 0.833. The van der Waals surface area contributed by atoms with E-state index in [1.807, 2.05) is 6.07 Å². The fourth-order valence-electron chi connectivity index (χ4n) is 2.67. The van der Waals surface area contributed by atoms with Crippen molar-refractivity contribution >= 4 is 16.0 Å². The number of carboxylic acids is 1. The van der Waals surface area contributed by atoms with E-state index in [0.717, 1.165) is 12.8 Å². The van der Waals surface area contributed by atoms with E-state index in [4.69, 9.17) is 10.4 Å². The zero-order valence-electron chi connectivity index (χ0n) is 10.9. The van der Waals surface area contributed by atoms with Crippen molar-refractivity contribution in [2.24, 2.45) is 17.3 Å². The number of hydrogen-bond donors (Lipinski definition) is 1. The number of nitriles is 1. The van der Waals surface area contributed by atoms with Gasteiger partial charge in [0.15, 0.2) is 0 Å². The Morgan fingerprint density at radius 2 is 2.11 bits per heavy atom. The van der Waals surface area contributed by atoms with Gasteiger partial charge < -0.3 is 5.11 Å². The van der Waals surface area contributed by atoms with Gasteiger partial charge in [0.2, 0.25) is 10.0 Å². The molecule has 1 N–H and O–H groups in total. The van der Waals surface area contributed by atoms with Crippen LogP contribution in [0.4, 0.5) is 0 Å². The van der Waals surface area contributed by atoms with Gasteiger partial charge in [0.1, 0.15) is 0 Å². The van der Waals surface area contributed by atoms with Crippen LogP contribution < -0.4 is 0 Å². The molecule has 1 saturated carbocycles. The Morgan fingerprint density at radius 3 is 2.53 bits per heavy atom. The molecule has 0 spiro atoms. The Kier molecular flexibility index (Phi) is 3.58. The number of carboxylic acid groups (broad SMARTS) is 1. The van der Waals surface area contributed by atoms with Crippen molar-refractivity contribution in [2.75, 3.05) is 18.8 Å². The summed E-state index contributed by atoms with van der Waals surface area (Å²) in [5.74, 6) is -1.75. The molecule has 0 aromatic heterocycles. The molecule has 2 aliphatic rings. The van der Waals surface area contributed by atoms with Gasteiger partial charge in [0, 0.05) is 19.5 Å². The van der Waals surface area contributed by atoms with Gasteiger partial charge in [-0.2, -0.15) is 5.26 Å². The molecule has 7 heteroatoms. The number of aliphatic carboxylic acids is 1. The first kappa shape index (κ1) is 14.3. The Bertz CT molecular complexity index is 518. The Hall–Kier alpha value is -1.13. The first-order chi connectivity index (χ1) is 8.80. The van der Waals surface area contributed by atoms with Crippen molar-refractivity contribution < 1.29 is 18.3 Å². The normalized spacial score (nSPS) is 29.9. The lowest BCUT2D eigenvalue weighted by atomic mass is 9.99. The number of rotatable bonds is 5. The van der Waals surface area contributed by atoms with Crippen LogP contribution in [0, 0.1) is 28.6 Å². The predicted molar refractivity (Wildman–Crippen MR) is 67.5 cm³/mol. The van der Waals surface area contributed by atoms with E-state index in [9.17, 15) is 13.2 Å². The van der Waals surface area contributed by atoms with Gasteiger partial charge in [-0.05, 0) is 24.2 Å². The van der Waals surface area contributed by atoms with E-state index >= 15 is 0 Å². The molecule has 0 unspecified atom stereocenters. The first-order valence-corrected chi connectivity index (χ1v) is 7.98. The molecule has 1 aliphatic heterocycles. The zero-order chi connectivity index (χ0) is 14.3. The van der Waals surface area contributed by atoms with Gasteiger partial charge in [-0.3, -0.25) is 4.79 Å². The minimum atomic E-state index is -3.46. The molecule has 0 radical (unpaired) electrons. The van der Waals surface area contributed by atoms with Gasteiger partial charge in [-0.25, -0.2) is 12.7 Å². The molecule has 0 amide bonds. The topological polar surface area (TPSA) is 98.5 Å². The van der Waals surface area contributed by atoms with E-state index in [-0.39, 0.29) is 36.6 Å². The Balaban J connectivity index is 2.06. The molecule has 1 aliphatic carbocycles. The summed E-state index contributed by atoms with van der Waals surface area (Å²) < 4.78 is 25.9. The maximum atomic E-state index is 12.3. The quantitative estimate of drug-likeness (QED) is 0.800. The van der Waals surface area contributed by atoms with Crippen LogP contribution in [-0.4, -0.2) is 42.6 Å². The third kappa shape index (κ3) is 2.90. The first-order valence-electron chi connectivity index (χ1n) is 6.37. The third-order valence-corrected chi connectivity index (χ3v) is 6.25. The second-order valence-electron chi connectivity index (χ2n) is 5.83. The number of carbonyl (C=O) groups is 1. The molecule has 106 valence electrons. The molecule has 19 heavy (non-hydrogen) atoms. The summed E-state index contributed by atoms with van der Waals surface area (Å²) in [5, 5.41) is 17.8. The van der Waals surface area contributed by atoms with Gasteiger partial charge in [-0.1, -0.05) is 6.92 Å². The van der Waals surface area contributed by atoms with Gasteiger partial charge in [-0.15, -0.1) is 0 Å². The molecular formula is C12H18N2O4S. The molecule has 2 atom stereocenters. The fourth-order valence-corrected chi connectivity index (χ4v) is 4.86. The van der Waals surface area contributed by atoms with E-state index in [1.54, 1.807) is 6.92 Å². The monoisotopic (exact) mass is 286 g/mol. The van der Waals surface area contributed by atoms with Crippen molar-refractivity contribution in [2.45, 2.75) is 26.2 Å². The zero-order valence-corrected chi connectivity index (χ0v) is 11.7. The molecule has 0 aromatic rings. The lowest BCUT2D eigenvalue weighted by Crippen LogP contribution is -2.35. The number of nitrogens with zero attached hydrogens (tertiary/aromatic N) is 2. The van der Waals surface area contributed by atoms with Crippen molar-refractivity contribution in [1.29, 1.82) is 5.26 Å². The van der Waals surface area contributed by atoms with Gasteiger partial charge >= 0.3 is 5.97 Å². The summed E-state index contributed by atoms with van der Waals surface area (Å²) in [4.78, 5) is 11.0. The summed E-state index contributed by atoms with van der Waals surface area (Å²) in [7, 11) is -3.46. The standard InChI is InChI=1S/C12H18N2O4S/c1-9-6-14(7-10(9)11(15)16)19(17,18)8-12(2-3-12)4-5-13/h9-10H,2-4,6-8H2,1H3,(H,15,16)/t9-,10-/m1/s1. The smallest absolute Gasteiger partial charge is 0.308 e. The Morgan fingerprint density at radius 1 is 1.47 bits per heavy atom. The molecule has 1 saturated heterocycles. The summed E-state index contributed by atoms with van der Waals surface area (Å²) >= 11 is 0. The molecule has 6 nitrogen and oxygen atoms in total. The molecule has 1 heterocycles. The number of hydrogen-bond acceptors (Lipinski definition) is 4. The van der Waals surface area contributed by atoms with E-state index in [2.05, 4.69) is 0 Å². The molecule has 0 aromatic carbocycles. The maximum Gasteiger partial charge on any atom is 0.308 e. The molecule has 2 rings (SSSR count). The third-order valence-electron chi connectivity index (χ3n) is 4.19. The second kappa shape index (κ2) is 4.76. The van der Waals surface area contributed by atoms with Crippen LogP contribution in [0.15, 0.2) is 0 Å². The summed E-state index contributed by atoms with van der Waals surface area (Å²) in [5.41, 5.74) is -0.377. The highest BCUT2D eigenvalue weighted by Gasteiger charge is 2.49. The highest BCUT2D eigenvalue weighted by atomic mass is 32.2. The van der Waals surface area contributed by atoms with Crippen LogP contribution in [0.2, 0.25) is 0 Å². The number of sulfonamides is 1. The minimum Gasteiger partial charge on any atom is -0.481 e. The van der Waals surface area contributed by atoms with Crippen LogP contribution in [-0.2, 0) is 14.8 Å². The largest absolute Gasteiger partial charge is 0.481 e. The molecule has 2 fully saturated rings. The van der Waals surface area contributed by atoms with Crippen LogP contribution in [0.25, 0.3) is 0 Å². The average molecular weight is 286 g/mol. The highest BCUT2D eigenvalue weighted by Crippen LogP contribution is 2.50. The lowest BCUT2D eigenvalue weighted by molar-refractivity contribution is -0.142.